The highest BCUT2D eigenvalue weighted by molar-refractivity contribution is 7.79. The van der Waals surface area contributed by atoms with Crippen LogP contribution in [-0.2, 0) is 93.1 Å². The highest BCUT2D eigenvalue weighted by Crippen LogP contribution is 2.50. The number of azo groups is 1. The topological polar surface area (TPSA) is 186 Å². The molecule has 6 aliphatic carbocycles. The van der Waals surface area contributed by atoms with E-state index in [2.05, 4.69) is 160 Å². The minimum absolute atomic E-state index is 0.0345. The van der Waals surface area contributed by atoms with Crippen LogP contribution in [0.5, 0.6) is 11.5 Å². The Morgan fingerprint density at radius 3 is 1.40 bits per heavy atom. The Bertz CT molecular complexity index is 3900. The predicted octanol–water partition coefficient (Wildman–Crippen LogP) is 14.6. The number of aliphatic hydroxyl groups is 1. The quantitative estimate of drug-likeness (QED) is 0.0540. The fraction of sp³-hybridized carbons (Fsp3) is 0.446. The number of aromatic hydroxyl groups is 1. The first-order valence-corrected chi connectivity index (χ1v) is 36.6. The van der Waals surface area contributed by atoms with Crippen LogP contribution in [0, 0.1) is 29.6 Å². The van der Waals surface area contributed by atoms with Gasteiger partial charge >= 0.3 is 24.1 Å². The predicted molar refractivity (Wildman–Crippen MR) is 389 cm³/mol. The number of hydrogen-bond donors (Lipinski definition) is 2. The van der Waals surface area contributed by atoms with Gasteiger partial charge in [-0.3, -0.25) is 19.4 Å². The van der Waals surface area contributed by atoms with Crippen molar-refractivity contribution in [1.82, 2.24) is 9.80 Å². The first kappa shape index (κ1) is 72.2. The summed E-state index contributed by atoms with van der Waals surface area (Å²) in [7, 11) is 2.51. The van der Waals surface area contributed by atoms with Gasteiger partial charge in [0.2, 0.25) is 0 Å². The summed E-state index contributed by atoms with van der Waals surface area (Å²) in [6.07, 6.45) is 13.9. The number of phenols is 1. The summed E-state index contributed by atoms with van der Waals surface area (Å²) in [5, 5.41) is 29.0. The maximum absolute atomic E-state index is 11.6. The Kier molecular flexibility index (Phi) is 23.1. The number of methoxy groups -OCH3 is 2. The molecule has 15 rings (SSSR count). The zero-order valence-corrected chi connectivity index (χ0v) is 60.2. The van der Waals surface area contributed by atoms with Crippen LogP contribution < -0.4 is 20.7 Å². The Hall–Kier alpha value is -8.07. The van der Waals surface area contributed by atoms with E-state index in [1.165, 1.54) is 124 Å². The third kappa shape index (κ3) is 18.5. The van der Waals surface area contributed by atoms with Crippen molar-refractivity contribution in [3.8, 4) is 11.5 Å². The molecule has 2 N–H and O–H groups in total. The van der Waals surface area contributed by atoms with Crippen molar-refractivity contribution in [2.45, 2.75) is 175 Å². The maximum atomic E-state index is 11.6. The lowest BCUT2D eigenvalue weighted by molar-refractivity contribution is -0.154. The number of carbonyl (C=O) groups is 4. The third-order valence-electron chi connectivity index (χ3n) is 20.5. The smallest absolute Gasteiger partial charge is 0.453 e. The van der Waals surface area contributed by atoms with Gasteiger partial charge in [0.05, 0.1) is 32.7 Å². The lowest BCUT2D eigenvalue weighted by Crippen LogP contribution is -2.63. The normalized spacial score (nSPS) is 20.1. The number of aliphatic hydroxyl groups excluding tert-OH is 1. The van der Waals surface area contributed by atoms with E-state index in [-0.39, 0.29) is 30.4 Å². The number of hydrogen-bond acceptors (Lipinski definition) is 13. The molecule has 2 spiro atoms. The number of likely N-dealkylation sites (tertiary alicyclic amines) is 2. The molecule has 0 unspecified atom stereocenters. The van der Waals surface area contributed by atoms with Crippen LogP contribution >= 0.6 is 7.92 Å². The van der Waals surface area contributed by atoms with E-state index in [1.54, 1.807) is 47.6 Å². The first-order valence-electron chi connectivity index (χ1n) is 35.3. The van der Waals surface area contributed by atoms with Gasteiger partial charge in [-0.2, -0.15) is 0 Å². The summed E-state index contributed by atoms with van der Waals surface area (Å²) >= 11 is 0. The van der Waals surface area contributed by atoms with Crippen molar-refractivity contribution in [3.05, 3.63) is 219 Å². The van der Waals surface area contributed by atoms with Crippen molar-refractivity contribution in [3.63, 3.8) is 0 Å². The molecule has 4 fully saturated rings. The SMILES string of the molecule is CC(C)(C)OC(=O)N=NC(=O)OC(C)(C)C.COC(=O)C1CC(N2CC3(Cc4ccc(O)cc4C3)C2)C1.COC(=O)C1CC(N2CC3(Cc4ccc(OCc5cccc6c5CCC6)cc4C3)C2)C1.Cc1ccc(P(c2ccccc2)c2ccccc2)cc1.OCc1cccc2c1CCC2. The molecule has 0 aromatic heterocycles. The van der Waals surface area contributed by atoms with Crippen molar-refractivity contribution in [2.75, 3.05) is 40.4 Å². The fourth-order valence-electron chi connectivity index (χ4n) is 15.6. The zero-order chi connectivity index (χ0) is 70.1. The van der Waals surface area contributed by atoms with E-state index in [0.717, 1.165) is 88.9 Å². The molecule has 15 nitrogen and oxygen atoms in total. The number of rotatable bonds is 11. The molecule has 0 atom stereocenters. The van der Waals surface area contributed by atoms with Crippen LogP contribution in [0.1, 0.15) is 141 Å². The summed E-state index contributed by atoms with van der Waals surface area (Å²) < 4.78 is 25.5. The molecule has 8 aliphatic rings. The van der Waals surface area contributed by atoms with Gasteiger partial charge < -0.3 is 33.9 Å². The van der Waals surface area contributed by atoms with E-state index in [9.17, 15) is 24.3 Å². The number of benzene rings is 7. The van der Waals surface area contributed by atoms with Crippen LogP contribution in [0.15, 0.2) is 168 Å². The monoisotopic (exact) mass is 1360 g/mol. The van der Waals surface area contributed by atoms with Gasteiger partial charge in [-0.15, -0.1) is 0 Å². The van der Waals surface area contributed by atoms with Gasteiger partial charge in [0.1, 0.15) is 29.3 Å². The van der Waals surface area contributed by atoms with E-state index in [4.69, 9.17) is 28.8 Å². The number of carbonyl (C=O) groups excluding carboxylic acids is 4. The largest absolute Gasteiger partial charge is 0.508 e. The van der Waals surface area contributed by atoms with Gasteiger partial charge in [-0.05, 0) is 242 Å². The number of aryl methyl sites for hydroxylation is 3. The second-order valence-corrected chi connectivity index (χ2v) is 32.6. The number of amides is 2. The number of fused-ring (bicyclic) bond motifs is 4. The van der Waals surface area contributed by atoms with Gasteiger partial charge in [-0.1, -0.05) is 149 Å². The Morgan fingerprint density at radius 2 is 0.939 bits per heavy atom. The molecule has 0 radical (unpaired) electrons. The summed E-state index contributed by atoms with van der Waals surface area (Å²) in [6.45, 7) is 17.7. The molecule has 2 heterocycles. The van der Waals surface area contributed by atoms with Gasteiger partial charge in [0, 0.05) is 49.1 Å². The molecule has 7 aromatic rings. The van der Waals surface area contributed by atoms with Crippen molar-refractivity contribution in [2.24, 2.45) is 32.9 Å². The molecule has 7 aromatic carbocycles. The van der Waals surface area contributed by atoms with Gasteiger partial charge in [-0.25, -0.2) is 9.59 Å². The van der Waals surface area contributed by atoms with Crippen molar-refractivity contribution < 1.29 is 53.1 Å². The molecule has 522 valence electrons. The maximum Gasteiger partial charge on any atom is 0.453 e. The molecule has 2 saturated carbocycles. The van der Waals surface area contributed by atoms with E-state index < -0.39 is 31.3 Å². The second-order valence-electron chi connectivity index (χ2n) is 30.4. The van der Waals surface area contributed by atoms with E-state index >= 15 is 0 Å². The van der Waals surface area contributed by atoms with E-state index in [1.807, 2.05) is 18.2 Å². The van der Waals surface area contributed by atoms with Gasteiger partial charge in [0.15, 0.2) is 0 Å². The molecular formula is C83H99N4O11P. The third-order valence-corrected chi connectivity index (χ3v) is 22.9. The van der Waals surface area contributed by atoms with Crippen LogP contribution in [0.2, 0.25) is 0 Å². The molecule has 0 bridgehead atoms. The molecular weight excluding hydrogens is 1260 g/mol. The van der Waals surface area contributed by atoms with Gasteiger partial charge in [0.25, 0.3) is 0 Å². The summed E-state index contributed by atoms with van der Waals surface area (Å²) in [5.41, 5.74) is 14.8. The van der Waals surface area contributed by atoms with Crippen molar-refractivity contribution >= 4 is 48.0 Å². The standard InChI is InChI=1S/C27H31NO3.C19H17P.C17H21NO3.C10H18N2O4.C10H12O/c1-30-26(29)21-10-23(11-21)28-16-27(17-28)13-19-8-9-24(12-22(19)14-27)31-15-20-6-2-4-18-5-3-7-25(18)20;1-16-12-14-19(15-13-16)20(17-8-4-2-5-9-17)18-10-6-3-7-11-18;1-21-16(20)12-4-14(5-12)18-9-17(10-18)7-11-2-3-15(19)6-13(11)8-17;1-9(2,3)15-7(13)11-12-8(14)16-10(4,5)6;11-7-9-5-1-3-8-4-2-6-10(8)9/h2,4,6,8-9,12,21,23H,3,5,7,10-11,13-17H2,1H3;2-15H,1H3;2-3,6,12,14,19H,4-5,7-10H2,1H3;1-6H3;1,3,5,11H,2,4,6-7H2. The first-order chi connectivity index (χ1) is 47.5. The molecule has 99 heavy (non-hydrogen) atoms. The van der Waals surface area contributed by atoms with Crippen LogP contribution in [-0.4, -0.2) is 108 Å². The average Bonchev–Trinajstić information content (AvgIpc) is 1.64. The number of esters is 2. The lowest BCUT2D eigenvalue weighted by atomic mass is 9.71. The summed E-state index contributed by atoms with van der Waals surface area (Å²) in [4.78, 5) is 50.3. The van der Waals surface area contributed by atoms with Crippen LogP contribution in [0.3, 0.4) is 0 Å². The zero-order valence-electron chi connectivity index (χ0n) is 59.3. The lowest BCUT2D eigenvalue weighted by Gasteiger charge is -2.55. The summed E-state index contributed by atoms with van der Waals surface area (Å²) in [5.74, 6) is 1.54. The number of phenolic OH excluding ortho intramolecular Hbond substituents is 1. The average molecular weight is 1360 g/mol. The second kappa shape index (κ2) is 31.6. The van der Waals surface area contributed by atoms with Crippen LogP contribution in [0.25, 0.3) is 0 Å². The highest BCUT2D eigenvalue weighted by atomic mass is 31.1. The number of nitrogens with zero attached hydrogens (tertiary/aromatic N) is 4. The minimum Gasteiger partial charge on any atom is -0.508 e. The molecule has 2 amide bonds. The van der Waals surface area contributed by atoms with E-state index in [0.29, 0.717) is 35.3 Å². The molecule has 16 heteroatoms. The highest BCUT2D eigenvalue weighted by Gasteiger charge is 2.53. The Balaban J connectivity index is 0.000000130. The Labute approximate surface area is 586 Å². The minimum atomic E-state index is -0.918. The fourth-order valence-corrected chi connectivity index (χ4v) is 17.9. The Morgan fingerprint density at radius 1 is 0.505 bits per heavy atom. The number of ether oxygens (including phenoxy) is 5. The summed E-state index contributed by atoms with van der Waals surface area (Å²) in [6, 6.07) is 57.1. The van der Waals surface area contributed by atoms with Crippen LogP contribution in [0.4, 0.5) is 9.59 Å². The van der Waals surface area contributed by atoms with Crippen molar-refractivity contribution in [1.29, 1.82) is 0 Å². The molecule has 2 saturated heterocycles. The molecule has 2 aliphatic heterocycles.